The molecule has 0 aromatic heterocycles. The van der Waals surface area contributed by atoms with E-state index in [0.29, 0.717) is 11.8 Å². The molecule has 2 aromatic rings. The van der Waals surface area contributed by atoms with E-state index < -0.39 is 23.2 Å². The fraction of sp³-hybridized carbons (Fsp3) is 0.333. The molecule has 4 rings (SSSR count). The minimum atomic E-state index is -0.823. The van der Waals surface area contributed by atoms with Crippen LogP contribution in [0.15, 0.2) is 78.4 Å². The summed E-state index contributed by atoms with van der Waals surface area (Å²) < 4.78 is 3.53. The number of halogens is 2. The van der Waals surface area contributed by atoms with Crippen molar-refractivity contribution in [2.75, 3.05) is 0 Å². The molecule has 0 fully saturated rings. The first-order valence-corrected chi connectivity index (χ1v) is 14.2. The van der Waals surface area contributed by atoms with E-state index in [1.54, 1.807) is 17.7 Å². The Labute approximate surface area is 224 Å². The molecule has 0 aliphatic heterocycles. The molecule has 0 radical (unpaired) electrons. The van der Waals surface area contributed by atoms with Crippen molar-refractivity contribution >= 4 is 11.1 Å². The Morgan fingerprint density at radius 1 is 0.667 bits per heavy atom. The van der Waals surface area contributed by atoms with Gasteiger partial charge in [-0.15, -0.1) is 0 Å². The molecule has 0 bridgehead atoms. The largest absolute Gasteiger partial charge is 1.00 e. The summed E-state index contributed by atoms with van der Waals surface area (Å²) in [5.74, 6) is 1.15. The van der Waals surface area contributed by atoms with E-state index in [-0.39, 0.29) is 24.8 Å². The van der Waals surface area contributed by atoms with E-state index in [1.165, 1.54) is 33.4 Å². The summed E-state index contributed by atoms with van der Waals surface area (Å²) in [6.45, 7) is 14.0. The first kappa shape index (κ1) is 28.1. The predicted octanol–water partition coefficient (Wildman–Crippen LogP) is 2.22. The average Bonchev–Trinajstić information content (AvgIpc) is 3.24. The zero-order valence-corrected chi connectivity index (χ0v) is 24.6. The normalized spacial score (nSPS) is 19.6. The van der Waals surface area contributed by atoms with Gasteiger partial charge in [-0.05, 0) is 0 Å². The van der Waals surface area contributed by atoms with Crippen molar-refractivity contribution < 1.29 is 48.0 Å². The molecule has 172 valence electrons. The fourth-order valence-electron chi connectivity index (χ4n) is 4.99. The van der Waals surface area contributed by atoms with Gasteiger partial charge in [0.15, 0.2) is 0 Å². The van der Waals surface area contributed by atoms with Crippen molar-refractivity contribution in [1.29, 1.82) is 0 Å². The van der Waals surface area contributed by atoms with Crippen LogP contribution < -0.4 is 24.8 Å². The van der Waals surface area contributed by atoms with Crippen LogP contribution in [0.5, 0.6) is 0 Å². The third kappa shape index (κ3) is 5.75. The van der Waals surface area contributed by atoms with Crippen molar-refractivity contribution in [3.63, 3.8) is 0 Å². The zero-order chi connectivity index (χ0) is 22.1. The van der Waals surface area contributed by atoms with Crippen molar-refractivity contribution in [1.82, 2.24) is 0 Å². The van der Waals surface area contributed by atoms with E-state index in [4.69, 9.17) is 0 Å². The van der Waals surface area contributed by atoms with E-state index in [9.17, 15) is 0 Å². The molecule has 2 atom stereocenters. The van der Waals surface area contributed by atoms with E-state index in [0.717, 1.165) is 12.8 Å². The topological polar surface area (TPSA) is 0 Å². The van der Waals surface area contributed by atoms with Gasteiger partial charge in [0.05, 0.1) is 0 Å². The molecule has 2 aliphatic rings. The van der Waals surface area contributed by atoms with Gasteiger partial charge < -0.3 is 24.8 Å². The Morgan fingerprint density at radius 2 is 1.06 bits per heavy atom. The Morgan fingerprint density at radius 3 is 1.42 bits per heavy atom. The van der Waals surface area contributed by atoms with Crippen molar-refractivity contribution in [2.45, 2.75) is 54.4 Å². The van der Waals surface area contributed by atoms with Crippen LogP contribution in [0.1, 0.15) is 63.8 Å². The summed E-state index contributed by atoms with van der Waals surface area (Å²) >= 11 is -0.823. The van der Waals surface area contributed by atoms with Crippen LogP contribution >= 0.6 is 0 Å². The van der Waals surface area contributed by atoms with E-state index in [1.807, 2.05) is 0 Å². The summed E-state index contributed by atoms with van der Waals surface area (Å²) in [4.78, 5) is 0. The molecule has 0 amide bonds. The van der Waals surface area contributed by atoms with E-state index in [2.05, 4.69) is 102 Å². The van der Waals surface area contributed by atoms with E-state index >= 15 is 0 Å². The Kier molecular flexibility index (Phi) is 10.2. The molecular weight excluding hydrogens is 522 g/mol. The first-order valence-electron chi connectivity index (χ1n) is 11.7. The zero-order valence-electron chi connectivity index (χ0n) is 20.6. The van der Waals surface area contributed by atoms with Crippen molar-refractivity contribution in [3.05, 3.63) is 101 Å². The monoisotopic (exact) mass is 554 g/mol. The molecule has 2 aromatic carbocycles. The molecule has 0 nitrogen and oxygen atoms in total. The average molecular weight is 557 g/mol. The molecule has 0 spiro atoms. The second kappa shape index (κ2) is 12.0. The second-order valence-electron chi connectivity index (χ2n) is 9.05. The van der Waals surface area contributed by atoms with Crippen LogP contribution in [0.25, 0.3) is 11.1 Å². The van der Waals surface area contributed by atoms with Gasteiger partial charge in [-0.1, -0.05) is 0 Å². The molecule has 33 heavy (non-hydrogen) atoms. The van der Waals surface area contributed by atoms with Crippen LogP contribution in [0.3, 0.4) is 0 Å². The molecule has 2 unspecified atom stereocenters. The van der Waals surface area contributed by atoms with Crippen molar-refractivity contribution in [2.24, 2.45) is 11.8 Å². The number of benzene rings is 2. The van der Waals surface area contributed by atoms with Gasteiger partial charge in [-0.2, -0.15) is 0 Å². The Bertz CT molecular complexity index is 1040. The maximum absolute atomic E-state index is 2.52. The number of aryl methyl sites for hydroxylation is 2. The van der Waals surface area contributed by atoms with Crippen LogP contribution in [-0.2, 0) is 36.1 Å². The SMILES string of the molecule is CCc1cccc(C2=CC(C)[C]([Zr+2][C]3=C(C)C(c4cccc(CC)c4)=CC3C)=C2C)c1.[Cl-].[Cl-]. The summed E-state index contributed by atoms with van der Waals surface area (Å²) in [6.07, 6.45) is 7.24. The molecular formula is C30H34Cl2Zr. The Hall–Kier alpha value is -1.14. The third-order valence-electron chi connectivity index (χ3n) is 6.92. The fourth-order valence-corrected chi connectivity index (χ4v) is 8.82. The second-order valence-corrected chi connectivity index (χ2v) is 12.3. The van der Waals surface area contributed by atoms with Gasteiger partial charge in [-0.3, -0.25) is 0 Å². The van der Waals surface area contributed by atoms with Crippen LogP contribution in [0.2, 0.25) is 0 Å². The molecule has 0 saturated carbocycles. The Balaban J connectivity index is 0.00000193. The van der Waals surface area contributed by atoms with Gasteiger partial charge in [0.2, 0.25) is 0 Å². The third-order valence-corrected chi connectivity index (χ3v) is 12.3. The first-order chi connectivity index (χ1) is 14.9. The quantitative estimate of drug-likeness (QED) is 0.512. The van der Waals surface area contributed by atoms with Gasteiger partial charge in [-0.25, -0.2) is 0 Å². The molecule has 2 aliphatic carbocycles. The van der Waals surface area contributed by atoms with Gasteiger partial charge >= 0.3 is 201 Å². The maximum Gasteiger partial charge on any atom is -1.00 e. The summed E-state index contributed by atoms with van der Waals surface area (Å²) in [5.41, 5.74) is 11.7. The minimum absolute atomic E-state index is 0. The van der Waals surface area contributed by atoms with Gasteiger partial charge in [0, 0.05) is 0 Å². The predicted molar refractivity (Wildman–Crippen MR) is 131 cm³/mol. The van der Waals surface area contributed by atoms with Crippen LogP contribution in [0.4, 0.5) is 0 Å². The maximum atomic E-state index is 2.52. The molecule has 0 heterocycles. The molecule has 0 N–H and O–H groups in total. The van der Waals surface area contributed by atoms with Gasteiger partial charge in [0.25, 0.3) is 0 Å². The number of rotatable bonds is 6. The summed E-state index contributed by atoms with van der Waals surface area (Å²) in [5, 5.41) is 0. The van der Waals surface area contributed by atoms with Crippen molar-refractivity contribution in [3.8, 4) is 0 Å². The van der Waals surface area contributed by atoms with Gasteiger partial charge in [0.1, 0.15) is 0 Å². The molecule has 0 saturated heterocycles. The van der Waals surface area contributed by atoms with Crippen LogP contribution in [0, 0.1) is 11.8 Å². The number of hydrogen-bond acceptors (Lipinski definition) is 0. The molecule has 3 heteroatoms. The standard InChI is InChI=1S/2C15H17.2ClH.Zr/c2*1-4-13-6-5-7-14(10-13)15-9-11(2)8-12(15)3;;;/h2*5-7,9-11H,4H2,1-3H3;2*1H;/q;;;;+2/p-2. The number of hydrogen-bond donors (Lipinski definition) is 0. The summed E-state index contributed by atoms with van der Waals surface area (Å²) in [7, 11) is 0. The number of allylic oxidation sites excluding steroid dienone is 8. The van der Waals surface area contributed by atoms with Crippen LogP contribution in [-0.4, -0.2) is 0 Å². The smallest absolute Gasteiger partial charge is 1.00 e. The summed E-state index contributed by atoms with van der Waals surface area (Å²) in [6, 6.07) is 18.3. The minimum Gasteiger partial charge on any atom is -1.00 e.